The fourth-order valence-electron chi connectivity index (χ4n) is 2.22. The van der Waals surface area contributed by atoms with Gasteiger partial charge < -0.3 is 29.8 Å². The van der Waals surface area contributed by atoms with E-state index in [0.717, 1.165) is 5.69 Å². The Morgan fingerprint density at radius 1 is 1.06 bits per heavy atom. The van der Waals surface area contributed by atoms with Crippen molar-refractivity contribution >= 4 is 33.4 Å². The van der Waals surface area contributed by atoms with E-state index in [1.54, 1.807) is 31.6 Å². The number of ether oxygens (including phenoxy) is 4. The lowest BCUT2D eigenvalue weighted by Gasteiger charge is -2.13. The number of hydrogen-bond acceptors (Lipinski definition) is 11. The molecule has 196 valence electrons. The predicted molar refractivity (Wildman–Crippen MR) is 135 cm³/mol. The minimum absolute atomic E-state index is 0.111. The predicted octanol–water partition coefficient (Wildman–Crippen LogP) is 2.43. The maximum absolute atomic E-state index is 10.7. The number of nitrogen functional groups attached to an aromatic ring is 1. The first-order chi connectivity index (χ1) is 16.9. The van der Waals surface area contributed by atoms with E-state index >= 15 is 0 Å². The summed E-state index contributed by atoms with van der Waals surface area (Å²) in [5, 5.41) is 7.83. The summed E-state index contributed by atoms with van der Waals surface area (Å²) in [6, 6.07) is 3.57. The lowest BCUT2D eigenvalue weighted by molar-refractivity contribution is -0.153. The molecule has 13 heteroatoms. The van der Waals surface area contributed by atoms with Crippen LogP contribution in [0.5, 0.6) is 0 Å². The van der Waals surface area contributed by atoms with E-state index in [9.17, 15) is 4.79 Å². The molecule has 0 aliphatic carbocycles. The van der Waals surface area contributed by atoms with E-state index in [1.807, 2.05) is 36.7 Å². The Hall–Kier alpha value is -2.55. The second-order valence-electron chi connectivity index (χ2n) is 6.06. The third-order valence-electron chi connectivity index (χ3n) is 3.54. The molecule has 3 rings (SSSR count). The number of rotatable bonds is 9. The van der Waals surface area contributed by atoms with Crippen LogP contribution in [0.15, 0.2) is 43.1 Å². The Morgan fingerprint density at radius 2 is 1.60 bits per heavy atom. The molecule has 0 radical (unpaired) electrons. The highest BCUT2D eigenvalue weighted by Crippen LogP contribution is 2.17. The molecule has 0 bridgehead atoms. The van der Waals surface area contributed by atoms with Crippen LogP contribution in [0.25, 0.3) is 5.78 Å². The molecule has 3 aromatic rings. The molecule has 12 nitrogen and oxygen atoms in total. The number of hydrogen-bond donors (Lipinski definition) is 2. The second kappa shape index (κ2) is 20.8. The minimum Gasteiger partial charge on any atom is -0.397 e. The van der Waals surface area contributed by atoms with E-state index in [1.165, 1.54) is 14.2 Å². The summed E-state index contributed by atoms with van der Waals surface area (Å²) in [7, 11) is 2.85. The summed E-state index contributed by atoms with van der Waals surface area (Å²) in [6.07, 6.45) is 7.56. The van der Waals surface area contributed by atoms with E-state index in [2.05, 4.69) is 45.3 Å². The fraction of sp³-hybridized carbons (Fsp3) is 0.500. The number of nitrogens with two attached hydrogens (primary N) is 1. The number of ketones is 1. The Kier molecular flexibility index (Phi) is 19.3. The first-order valence-electron chi connectivity index (χ1n) is 10.7. The summed E-state index contributed by atoms with van der Waals surface area (Å²) in [6.45, 7) is 6.97. The SMILES string of the molecule is CCO.CCOC(OCC)c1cn2cccnc2n1.COC(OC)C(=O)CBr.Nc1ncccn1. The van der Waals surface area contributed by atoms with E-state index in [4.69, 9.17) is 20.3 Å². The number of aliphatic hydroxyl groups is 1. The molecule has 3 heterocycles. The van der Waals surface area contributed by atoms with Crippen LogP contribution in [0.3, 0.4) is 0 Å². The van der Waals surface area contributed by atoms with Crippen molar-refractivity contribution in [3.05, 3.63) is 48.8 Å². The van der Waals surface area contributed by atoms with Crippen LogP contribution in [-0.2, 0) is 23.7 Å². The Morgan fingerprint density at radius 3 is 1.97 bits per heavy atom. The van der Waals surface area contributed by atoms with Gasteiger partial charge in [0.05, 0.1) is 5.33 Å². The Labute approximate surface area is 213 Å². The van der Waals surface area contributed by atoms with Gasteiger partial charge in [0.2, 0.25) is 24.3 Å². The zero-order valence-electron chi connectivity index (χ0n) is 20.7. The molecule has 0 fully saturated rings. The van der Waals surface area contributed by atoms with Crippen LogP contribution in [0.1, 0.15) is 32.8 Å². The van der Waals surface area contributed by atoms with E-state index < -0.39 is 12.6 Å². The van der Waals surface area contributed by atoms with Crippen molar-refractivity contribution in [2.45, 2.75) is 33.4 Å². The van der Waals surface area contributed by atoms with Crippen molar-refractivity contribution < 1.29 is 28.8 Å². The molecule has 3 aromatic heterocycles. The van der Waals surface area contributed by atoms with Gasteiger partial charge in [-0.05, 0) is 32.9 Å². The van der Waals surface area contributed by atoms with Crippen LogP contribution < -0.4 is 5.73 Å². The summed E-state index contributed by atoms with van der Waals surface area (Å²) < 4.78 is 22.1. The largest absolute Gasteiger partial charge is 0.397 e. The molecular weight excluding hydrogens is 524 g/mol. The van der Waals surface area contributed by atoms with Crippen LogP contribution in [-0.4, -0.2) is 80.9 Å². The summed E-state index contributed by atoms with van der Waals surface area (Å²) in [5.41, 5.74) is 5.89. The Bertz CT molecular complexity index is 875. The fourth-order valence-corrected chi connectivity index (χ4v) is 2.48. The van der Waals surface area contributed by atoms with Crippen molar-refractivity contribution in [3.8, 4) is 0 Å². The van der Waals surface area contributed by atoms with Crippen LogP contribution in [0.2, 0.25) is 0 Å². The maximum Gasteiger partial charge on any atom is 0.234 e. The smallest absolute Gasteiger partial charge is 0.234 e. The number of nitrogens with zero attached hydrogens (tertiary/aromatic N) is 5. The first kappa shape index (κ1) is 32.5. The number of carbonyl (C=O) groups excluding carboxylic acids is 1. The van der Waals surface area contributed by atoms with Gasteiger partial charge in [-0.3, -0.25) is 9.20 Å². The molecule has 0 saturated carbocycles. The van der Waals surface area contributed by atoms with Crippen molar-refractivity contribution in [2.75, 3.05) is 45.1 Å². The average molecular weight is 559 g/mol. The summed E-state index contributed by atoms with van der Waals surface area (Å²) in [5.74, 6) is 0.865. The zero-order valence-corrected chi connectivity index (χ0v) is 22.3. The van der Waals surface area contributed by atoms with E-state index in [-0.39, 0.29) is 17.7 Å². The molecular formula is C22H35BrN6O6. The number of aromatic nitrogens is 5. The lowest BCUT2D eigenvalue weighted by atomic mass is 10.4. The molecule has 0 unspecified atom stereocenters. The third-order valence-corrected chi connectivity index (χ3v) is 4.09. The van der Waals surface area contributed by atoms with Crippen LogP contribution >= 0.6 is 15.9 Å². The van der Waals surface area contributed by atoms with Crippen molar-refractivity contribution in [2.24, 2.45) is 0 Å². The van der Waals surface area contributed by atoms with E-state index in [0.29, 0.717) is 24.9 Å². The number of alkyl halides is 1. The monoisotopic (exact) mass is 558 g/mol. The van der Waals surface area contributed by atoms with Crippen molar-refractivity contribution in [1.82, 2.24) is 24.3 Å². The number of fused-ring (bicyclic) bond motifs is 1. The lowest BCUT2D eigenvalue weighted by Crippen LogP contribution is -2.25. The highest BCUT2D eigenvalue weighted by molar-refractivity contribution is 9.09. The molecule has 0 aliphatic heterocycles. The maximum atomic E-state index is 10.7. The van der Waals surface area contributed by atoms with Gasteiger partial charge >= 0.3 is 0 Å². The normalized spacial score (nSPS) is 10.1. The molecule has 0 atom stereocenters. The molecule has 0 saturated heterocycles. The molecule has 0 spiro atoms. The highest BCUT2D eigenvalue weighted by Gasteiger charge is 2.15. The number of aliphatic hydroxyl groups excluding tert-OH is 1. The minimum atomic E-state index is -0.718. The number of Topliss-reactive ketones (excluding diaryl/α,β-unsaturated/α-hetero) is 1. The average Bonchev–Trinajstić information content (AvgIpc) is 3.31. The van der Waals surface area contributed by atoms with Gasteiger partial charge in [0, 0.05) is 65.0 Å². The quantitative estimate of drug-likeness (QED) is 0.293. The second-order valence-corrected chi connectivity index (χ2v) is 6.62. The van der Waals surface area contributed by atoms with Gasteiger partial charge in [0.15, 0.2) is 5.78 Å². The van der Waals surface area contributed by atoms with Gasteiger partial charge in [-0.2, -0.15) is 0 Å². The third kappa shape index (κ3) is 13.8. The number of halogens is 1. The molecule has 3 N–H and O–H groups in total. The number of imidazole rings is 1. The molecule has 0 amide bonds. The molecule has 0 aromatic carbocycles. The molecule has 0 aliphatic rings. The first-order valence-corrected chi connectivity index (χ1v) is 11.8. The van der Waals surface area contributed by atoms with Gasteiger partial charge in [-0.1, -0.05) is 15.9 Å². The number of carbonyl (C=O) groups is 1. The van der Waals surface area contributed by atoms with Gasteiger partial charge in [0.1, 0.15) is 5.69 Å². The standard InChI is InChI=1S/C11H15N3O2.C5H9BrO3.C4H5N3.C2H6O/c1-3-15-10(16-4-2)9-8-14-7-5-6-12-11(14)13-9;1-8-5(9-2)4(7)3-6;5-4-6-2-1-3-7-4;1-2-3/h5-8,10H,3-4H2,1-2H3;5H,3H2,1-2H3;1-3H,(H2,5,6,7);3H,2H2,1H3. The van der Waals surface area contributed by atoms with Crippen molar-refractivity contribution in [1.29, 1.82) is 0 Å². The molecule has 35 heavy (non-hydrogen) atoms. The van der Waals surface area contributed by atoms with Gasteiger partial charge in [-0.15, -0.1) is 0 Å². The number of anilines is 1. The topological polar surface area (TPSA) is 156 Å². The van der Waals surface area contributed by atoms with Crippen LogP contribution in [0, 0.1) is 0 Å². The number of methoxy groups -OCH3 is 2. The highest BCUT2D eigenvalue weighted by atomic mass is 79.9. The Balaban J connectivity index is 0.000000515. The van der Waals surface area contributed by atoms with Crippen LogP contribution in [0.4, 0.5) is 5.95 Å². The zero-order chi connectivity index (χ0) is 26.5. The summed E-state index contributed by atoms with van der Waals surface area (Å²) >= 11 is 2.99. The van der Waals surface area contributed by atoms with Gasteiger partial charge in [-0.25, -0.2) is 19.9 Å². The van der Waals surface area contributed by atoms with Gasteiger partial charge in [0.25, 0.3) is 0 Å². The summed E-state index contributed by atoms with van der Waals surface area (Å²) in [4.78, 5) is 26.5. The van der Waals surface area contributed by atoms with Crippen molar-refractivity contribution in [3.63, 3.8) is 0 Å².